The van der Waals surface area contributed by atoms with Crippen LogP contribution in [0, 0.1) is 0 Å². The van der Waals surface area contributed by atoms with Gasteiger partial charge in [-0.25, -0.2) is 0 Å². The molecule has 0 aromatic heterocycles. The number of unbranched alkanes of at least 4 members (excludes halogenated alkanes) is 16. The van der Waals surface area contributed by atoms with E-state index in [4.69, 9.17) is 4.74 Å². The number of rotatable bonds is 38. The van der Waals surface area contributed by atoms with Crippen LogP contribution >= 0.6 is 0 Å². The molecule has 0 aliphatic heterocycles. The summed E-state index contributed by atoms with van der Waals surface area (Å²) in [4.78, 5) is 25.8. The molecule has 0 saturated carbocycles. The molecule has 1 amide bonds. The molecule has 0 saturated heterocycles. The minimum atomic E-state index is -0.793. The molecule has 0 rings (SSSR count). The van der Waals surface area contributed by atoms with Crippen LogP contribution < -0.4 is 5.32 Å². The number of carbonyl (C=O) groups excluding carboxylic acids is 2. The van der Waals surface area contributed by atoms with Crippen molar-refractivity contribution in [1.82, 2.24) is 5.32 Å². The third-order valence-corrected chi connectivity index (χ3v) is 9.61. The molecule has 0 aromatic carbocycles. The van der Waals surface area contributed by atoms with E-state index in [1.165, 1.54) is 70.6 Å². The summed E-state index contributed by atoms with van der Waals surface area (Å²) in [5, 5.41) is 23.5. The van der Waals surface area contributed by atoms with Crippen LogP contribution in [0.1, 0.15) is 201 Å². The van der Waals surface area contributed by atoms with Crippen molar-refractivity contribution in [2.75, 3.05) is 6.61 Å². The Labute approximate surface area is 327 Å². The Balaban J connectivity index is 4.56. The van der Waals surface area contributed by atoms with Crippen molar-refractivity contribution in [2.24, 2.45) is 0 Å². The standard InChI is InChI=1S/C47H83NO5/c1-4-7-10-13-16-18-20-21-22-23-24-25-26-28-31-34-37-40-47(52)53-43(38-35-32-29-15-12-9-6-3)41-46(51)48-44(42-49)45(50)39-36-33-30-27-19-17-14-11-8-5-2/h7,10,16,18,21-22,24-25,28,31,43-45,49-50H,4-6,8-9,11-15,17,19-20,23,26-27,29-30,32-42H2,1-3H3,(H,48,51)/b10-7-,18-16-,22-21-,25-24-,31-28-. The van der Waals surface area contributed by atoms with Gasteiger partial charge < -0.3 is 20.3 Å². The molecule has 306 valence electrons. The molecular formula is C47H83NO5. The van der Waals surface area contributed by atoms with Crippen LogP contribution in [0.15, 0.2) is 60.8 Å². The Morgan fingerprint density at radius 2 is 1.00 bits per heavy atom. The molecule has 0 aliphatic carbocycles. The van der Waals surface area contributed by atoms with E-state index in [9.17, 15) is 19.8 Å². The molecule has 3 N–H and O–H groups in total. The lowest BCUT2D eigenvalue weighted by Gasteiger charge is -2.24. The van der Waals surface area contributed by atoms with Gasteiger partial charge in [0.05, 0.1) is 25.2 Å². The fourth-order valence-corrected chi connectivity index (χ4v) is 6.29. The van der Waals surface area contributed by atoms with Crippen molar-refractivity contribution in [3.05, 3.63) is 60.8 Å². The quantitative estimate of drug-likeness (QED) is 0.0333. The molecule has 53 heavy (non-hydrogen) atoms. The van der Waals surface area contributed by atoms with Crippen LogP contribution in [0.2, 0.25) is 0 Å². The first-order valence-electron chi connectivity index (χ1n) is 22.0. The normalized spacial score (nSPS) is 14.0. The summed E-state index contributed by atoms with van der Waals surface area (Å²) < 4.78 is 5.84. The second-order valence-corrected chi connectivity index (χ2v) is 14.7. The second-order valence-electron chi connectivity index (χ2n) is 14.7. The summed E-state index contributed by atoms with van der Waals surface area (Å²) in [7, 11) is 0. The van der Waals surface area contributed by atoms with Crippen LogP contribution in [-0.4, -0.2) is 46.9 Å². The third-order valence-electron chi connectivity index (χ3n) is 9.61. The van der Waals surface area contributed by atoms with Crippen molar-refractivity contribution in [3.8, 4) is 0 Å². The van der Waals surface area contributed by atoms with Crippen LogP contribution in [0.25, 0.3) is 0 Å². The molecule has 0 fully saturated rings. The van der Waals surface area contributed by atoms with Crippen molar-refractivity contribution in [3.63, 3.8) is 0 Å². The Morgan fingerprint density at radius 3 is 1.47 bits per heavy atom. The fraction of sp³-hybridized carbons (Fsp3) is 0.745. The first-order valence-corrected chi connectivity index (χ1v) is 22.0. The number of hydrogen-bond acceptors (Lipinski definition) is 5. The Hall–Kier alpha value is -2.44. The monoisotopic (exact) mass is 742 g/mol. The predicted molar refractivity (Wildman–Crippen MR) is 227 cm³/mol. The minimum Gasteiger partial charge on any atom is -0.462 e. The molecule has 0 heterocycles. The van der Waals surface area contributed by atoms with Gasteiger partial charge in [0.15, 0.2) is 0 Å². The van der Waals surface area contributed by atoms with E-state index in [0.717, 1.165) is 77.0 Å². The third kappa shape index (κ3) is 36.3. The van der Waals surface area contributed by atoms with Gasteiger partial charge in [0, 0.05) is 6.42 Å². The Morgan fingerprint density at radius 1 is 0.566 bits per heavy atom. The lowest BCUT2D eigenvalue weighted by Crippen LogP contribution is -2.46. The van der Waals surface area contributed by atoms with E-state index in [2.05, 4.69) is 86.8 Å². The summed E-state index contributed by atoms with van der Waals surface area (Å²) in [6.45, 7) is 6.29. The highest BCUT2D eigenvalue weighted by atomic mass is 16.5. The Bertz CT molecular complexity index is 968. The number of esters is 1. The van der Waals surface area contributed by atoms with Gasteiger partial charge in [-0.1, -0.05) is 184 Å². The molecule has 0 spiro atoms. The van der Waals surface area contributed by atoms with Gasteiger partial charge in [-0.2, -0.15) is 0 Å². The molecule has 3 unspecified atom stereocenters. The topological polar surface area (TPSA) is 95.9 Å². The van der Waals surface area contributed by atoms with Gasteiger partial charge in [0.2, 0.25) is 5.91 Å². The van der Waals surface area contributed by atoms with Crippen LogP contribution in [0.5, 0.6) is 0 Å². The highest BCUT2D eigenvalue weighted by molar-refractivity contribution is 5.77. The van der Waals surface area contributed by atoms with E-state index >= 15 is 0 Å². The Kier molecular flexibility index (Phi) is 38.9. The lowest BCUT2D eigenvalue weighted by atomic mass is 10.0. The number of aliphatic hydroxyl groups is 2. The largest absolute Gasteiger partial charge is 0.462 e. The number of aliphatic hydroxyl groups excluding tert-OH is 2. The second kappa shape index (κ2) is 40.7. The summed E-state index contributed by atoms with van der Waals surface area (Å²) in [5.74, 6) is -0.552. The summed E-state index contributed by atoms with van der Waals surface area (Å²) >= 11 is 0. The molecule has 3 atom stereocenters. The molecule has 0 radical (unpaired) electrons. The van der Waals surface area contributed by atoms with Gasteiger partial charge in [-0.15, -0.1) is 0 Å². The molecule has 6 nitrogen and oxygen atoms in total. The maximum absolute atomic E-state index is 13.0. The SMILES string of the molecule is CC/C=C\C/C=C\C/C=C\C/C=C\C/C=C\CCCC(=O)OC(CCCCCCCCC)CC(=O)NC(CO)C(O)CCCCCCCCCCCC. The van der Waals surface area contributed by atoms with Crippen molar-refractivity contribution >= 4 is 11.9 Å². The average Bonchev–Trinajstić information content (AvgIpc) is 3.15. The molecule has 6 heteroatoms. The van der Waals surface area contributed by atoms with Crippen LogP contribution in [0.3, 0.4) is 0 Å². The zero-order valence-electron chi connectivity index (χ0n) is 34.6. The molecular weight excluding hydrogens is 659 g/mol. The lowest BCUT2D eigenvalue weighted by molar-refractivity contribution is -0.151. The van der Waals surface area contributed by atoms with Crippen LogP contribution in [0.4, 0.5) is 0 Å². The summed E-state index contributed by atoms with van der Waals surface area (Å²) in [6, 6.07) is -0.709. The number of nitrogens with one attached hydrogen (secondary N) is 1. The maximum Gasteiger partial charge on any atom is 0.306 e. The zero-order chi connectivity index (χ0) is 38.9. The van der Waals surface area contributed by atoms with E-state index in [1.54, 1.807) is 0 Å². The number of carbonyl (C=O) groups is 2. The summed E-state index contributed by atoms with van der Waals surface area (Å²) in [6.07, 6.45) is 48.7. The van der Waals surface area contributed by atoms with E-state index in [0.29, 0.717) is 25.7 Å². The number of ether oxygens (including phenoxy) is 1. The van der Waals surface area contributed by atoms with Crippen molar-refractivity contribution < 1.29 is 24.5 Å². The van der Waals surface area contributed by atoms with E-state index in [1.807, 2.05) is 0 Å². The first-order chi connectivity index (χ1) is 26.0. The predicted octanol–water partition coefficient (Wildman–Crippen LogP) is 12.5. The van der Waals surface area contributed by atoms with Gasteiger partial charge >= 0.3 is 5.97 Å². The van der Waals surface area contributed by atoms with Gasteiger partial charge in [0.1, 0.15) is 6.10 Å². The number of hydrogen-bond donors (Lipinski definition) is 3. The first kappa shape index (κ1) is 50.6. The minimum absolute atomic E-state index is 0.0534. The van der Waals surface area contributed by atoms with Gasteiger partial charge in [-0.3, -0.25) is 9.59 Å². The molecule has 0 aliphatic rings. The zero-order valence-corrected chi connectivity index (χ0v) is 34.6. The van der Waals surface area contributed by atoms with Crippen molar-refractivity contribution in [2.45, 2.75) is 219 Å². The number of amides is 1. The molecule has 0 aromatic rings. The van der Waals surface area contributed by atoms with Gasteiger partial charge in [0.25, 0.3) is 0 Å². The average molecular weight is 742 g/mol. The highest BCUT2D eigenvalue weighted by Crippen LogP contribution is 2.17. The fourth-order valence-electron chi connectivity index (χ4n) is 6.29. The van der Waals surface area contributed by atoms with Crippen molar-refractivity contribution in [1.29, 1.82) is 0 Å². The number of allylic oxidation sites excluding steroid dienone is 10. The van der Waals surface area contributed by atoms with E-state index in [-0.39, 0.29) is 24.9 Å². The summed E-state index contributed by atoms with van der Waals surface area (Å²) in [5.41, 5.74) is 0. The highest BCUT2D eigenvalue weighted by Gasteiger charge is 2.24. The molecule has 0 bridgehead atoms. The van der Waals surface area contributed by atoms with Gasteiger partial charge in [-0.05, 0) is 64.2 Å². The smallest absolute Gasteiger partial charge is 0.306 e. The maximum atomic E-state index is 13.0. The van der Waals surface area contributed by atoms with E-state index < -0.39 is 18.2 Å². The van der Waals surface area contributed by atoms with Crippen LogP contribution in [-0.2, 0) is 14.3 Å².